The molecule has 2 aromatic rings. The van der Waals surface area contributed by atoms with E-state index in [1.165, 1.54) is 12.0 Å². The van der Waals surface area contributed by atoms with Crippen molar-refractivity contribution in [3.05, 3.63) is 47.2 Å². The number of methoxy groups -OCH3 is 1. The quantitative estimate of drug-likeness (QED) is 0.394. The maximum Gasteiger partial charge on any atom is 0.354 e. The van der Waals surface area contributed by atoms with E-state index in [0.29, 0.717) is 18.7 Å². The zero-order valence-corrected chi connectivity index (χ0v) is 19.1. The summed E-state index contributed by atoms with van der Waals surface area (Å²) in [6, 6.07) is 10.1. The molecule has 8 heteroatoms. The molecule has 5 rings (SSSR count). The van der Waals surface area contributed by atoms with Gasteiger partial charge in [0.15, 0.2) is 0 Å². The number of benzene rings is 2. The van der Waals surface area contributed by atoms with Crippen LogP contribution in [0.3, 0.4) is 0 Å². The maximum absolute atomic E-state index is 12.8. The number of carbonyl (C=O) groups excluding carboxylic acids is 2. The number of rotatable bonds is 6. The molecule has 0 bridgehead atoms. The van der Waals surface area contributed by atoms with Crippen LogP contribution in [0.1, 0.15) is 19.4 Å². The van der Waals surface area contributed by atoms with Crippen LogP contribution in [0, 0.1) is 11.8 Å². The molecule has 3 aliphatic rings. The molecule has 3 aliphatic heterocycles. The number of ether oxygens (including phenoxy) is 1. The highest BCUT2D eigenvalue weighted by molar-refractivity contribution is 8.01. The van der Waals surface area contributed by atoms with Gasteiger partial charge in [0.2, 0.25) is 5.91 Å². The van der Waals surface area contributed by atoms with Crippen molar-refractivity contribution in [1.29, 1.82) is 0 Å². The molecule has 3 heterocycles. The highest BCUT2D eigenvalue weighted by Gasteiger charge is 2.60. The molecule has 7 nitrogen and oxygen atoms in total. The van der Waals surface area contributed by atoms with Crippen molar-refractivity contribution in [3.8, 4) is 0 Å². The average molecular weight is 455 g/mol. The summed E-state index contributed by atoms with van der Waals surface area (Å²) < 4.78 is 7.20. The first-order valence-electron chi connectivity index (χ1n) is 10.8. The molecule has 0 aliphatic carbocycles. The Morgan fingerprint density at radius 3 is 2.75 bits per heavy atom. The van der Waals surface area contributed by atoms with E-state index in [9.17, 15) is 19.8 Å². The first kappa shape index (κ1) is 21.3. The third-order valence-electron chi connectivity index (χ3n) is 6.91. The van der Waals surface area contributed by atoms with Crippen molar-refractivity contribution in [1.82, 2.24) is 4.90 Å². The lowest BCUT2D eigenvalue weighted by atomic mass is 9.77. The Balaban J connectivity index is 1.58. The van der Waals surface area contributed by atoms with Gasteiger partial charge in [0.05, 0.1) is 37.4 Å². The molecular weight excluding hydrogens is 428 g/mol. The fraction of sp³-hybridized carbons (Fsp3) is 0.417. The molecule has 32 heavy (non-hydrogen) atoms. The number of amides is 1. The second kappa shape index (κ2) is 7.79. The van der Waals surface area contributed by atoms with Gasteiger partial charge in [-0.1, -0.05) is 31.2 Å². The molecule has 2 aromatic carbocycles. The van der Waals surface area contributed by atoms with Crippen molar-refractivity contribution in [3.63, 3.8) is 0 Å². The zero-order valence-electron chi connectivity index (χ0n) is 18.2. The van der Waals surface area contributed by atoms with Gasteiger partial charge in [-0.05, 0) is 47.9 Å². The van der Waals surface area contributed by atoms with Gasteiger partial charge >= 0.3 is 5.97 Å². The summed E-state index contributed by atoms with van der Waals surface area (Å²) in [7, 11) is 1.32. The second-order valence-electron chi connectivity index (χ2n) is 8.65. The van der Waals surface area contributed by atoms with Crippen LogP contribution in [0.25, 0.3) is 10.8 Å². The molecule has 1 fully saturated rings. The van der Waals surface area contributed by atoms with Crippen LogP contribution in [-0.4, -0.2) is 59.4 Å². The minimum Gasteiger partial charge on any atom is -0.464 e. The lowest BCUT2D eigenvalue weighted by Gasteiger charge is -2.46. The first-order chi connectivity index (χ1) is 15.4. The molecular formula is C24H26N2O5S. The number of carbonyl (C=O) groups is 2. The van der Waals surface area contributed by atoms with E-state index in [4.69, 9.17) is 4.74 Å². The van der Waals surface area contributed by atoms with Gasteiger partial charge < -0.3 is 24.2 Å². The lowest BCUT2D eigenvalue weighted by molar-refractivity contribution is -0.163. The van der Waals surface area contributed by atoms with Crippen molar-refractivity contribution in [2.24, 2.45) is 11.8 Å². The second-order valence-corrected chi connectivity index (χ2v) is 9.71. The molecule has 0 spiro atoms. The molecule has 1 amide bonds. The third-order valence-corrected chi connectivity index (χ3v) is 7.98. The van der Waals surface area contributed by atoms with Crippen molar-refractivity contribution in [2.75, 3.05) is 24.6 Å². The topological polar surface area (TPSA) is 90.3 Å². The molecule has 1 saturated heterocycles. The highest BCUT2D eigenvalue weighted by atomic mass is 32.2. The Kier molecular flexibility index (Phi) is 5.19. The largest absolute Gasteiger partial charge is 0.464 e. The summed E-state index contributed by atoms with van der Waals surface area (Å²) in [6.45, 7) is 4.12. The fourth-order valence-corrected chi connectivity index (χ4v) is 6.61. The number of β-lactam (4-membered cyclic amide) rings is 1. The summed E-state index contributed by atoms with van der Waals surface area (Å²) in [6.07, 6.45) is -0.244. The Morgan fingerprint density at radius 1 is 1.28 bits per heavy atom. The Morgan fingerprint density at radius 2 is 2.06 bits per heavy atom. The van der Waals surface area contributed by atoms with Gasteiger partial charge in [-0.3, -0.25) is 4.79 Å². The van der Waals surface area contributed by atoms with E-state index in [0.717, 1.165) is 32.5 Å². The highest BCUT2D eigenvalue weighted by Crippen LogP contribution is 2.52. The minimum absolute atomic E-state index is 0.0477. The van der Waals surface area contributed by atoms with Crippen LogP contribution in [0.5, 0.6) is 0 Å². The van der Waals surface area contributed by atoms with E-state index in [2.05, 4.69) is 22.5 Å². The van der Waals surface area contributed by atoms with Crippen LogP contribution in [0.15, 0.2) is 46.5 Å². The number of hydrogen-bond acceptors (Lipinski definition) is 7. The molecule has 168 valence electrons. The Labute approximate surface area is 190 Å². The number of esters is 1. The lowest BCUT2D eigenvalue weighted by Crippen LogP contribution is -2.63. The van der Waals surface area contributed by atoms with Crippen LogP contribution in [0.4, 0.5) is 5.69 Å². The summed E-state index contributed by atoms with van der Waals surface area (Å²) in [5.74, 6) is -1.36. The van der Waals surface area contributed by atoms with E-state index in [1.54, 1.807) is 18.9 Å². The van der Waals surface area contributed by atoms with Crippen molar-refractivity contribution < 1.29 is 24.5 Å². The Bertz CT molecular complexity index is 1160. The summed E-state index contributed by atoms with van der Waals surface area (Å²) in [5.41, 5.74) is 3.24. The Hall–Kier alpha value is -2.55. The van der Waals surface area contributed by atoms with E-state index in [-0.39, 0.29) is 24.5 Å². The van der Waals surface area contributed by atoms with Crippen LogP contribution >= 0.6 is 11.9 Å². The molecule has 4 atom stereocenters. The van der Waals surface area contributed by atoms with Gasteiger partial charge in [0.25, 0.3) is 0 Å². The predicted octanol–water partition coefficient (Wildman–Crippen LogP) is 2.49. The van der Waals surface area contributed by atoms with Gasteiger partial charge in [-0.2, -0.15) is 0 Å². The fourth-order valence-electron chi connectivity index (χ4n) is 5.42. The smallest absolute Gasteiger partial charge is 0.354 e. The van der Waals surface area contributed by atoms with Gasteiger partial charge in [-0.25, -0.2) is 4.79 Å². The average Bonchev–Trinajstić information content (AvgIpc) is 3.25. The van der Waals surface area contributed by atoms with Crippen LogP contribution in [0.2, 0.25) is 0 Å². The standard InChI is InChI=1S/C24H26N2O5S/c1-12-16(22(24(30)31-3)26-20(12)18(13(2)28)23(26)29)11-25-21-15(9-10-27)8-7-14-5-4-6-17(32-25)19(14)21/h4-8,12-13,18,20,27-28H,9-11H2,1-3H3/t12-,13?,18?,20?/m0/s1. The minimum atomic E-state index is -0.778. The molecule has 0 saturated carbocycles. The number of hydrogen-bond donors (Lipinski definition) is 2. The van der Waals surface area contributed by atoms with Crippen molar-refractivity contribution in [2.45, 2.75) is 37.3 Å². The molecule has 2 N–H and O–H groups in total. The van der Waals surface area contributed by atoms with Gasteiger partial charge in [0.1, 0.15) is 5.70 Å². The number of anilines is 1. The summed E-state index contributed by atoms with van der Waals surface area (Å²) in [5, 5.41) is 22.0. The molecule has 0 radical (unpaired) electrons. The predicted molar refractivity (Wildman–Crippen MR) is 122 cm³/mol. The monoisotopic (exact) mass is 454 g/mol. The van der Waals surface area contributed by atoms with E-state index in [1.807, 2.05) is 19.1 Å². The van der Waals surface area contributed by atoms with Crippen LogP contribution in [-0.2, 0) is 20.7 Å². The first-order valence-corrected chi connectivity index (χ1v) is 11.6. The maximum atomic E-state index is 12.8. The summed E-state index contributed by atoms with van der Waals surface area (Å²) >= 11 is 1.61. The van der Waals surface area contributed by atoms with Gasteiger partial charge in [-0.15, -0.1) is 0 Å². The van der Waals surface area contributed by atoms with Crippen molar-refractivity contribution >= 4 is 40.3 Å². The number of nitrogens with zero attached hydrogens (tertiary/aromatic N) is 2. The number of aliphatic hydroxyl groups excluding tert-OH is 2. The normalized spacial score (nSPS) is 24.8. The molecule has 3 unspecified atom stereocenters. The summed E-state index contributed by atoms with van der Waals surface area (Å²) in [4.78, 5) is 28.2. The van der Waals surface area contributed by atoms with E-state index < -0.39 is 18.0 Å². The third kappa shape index (κ3) is 2.89. The number of aliphatic hydroxyl groups is 2. The van der Waals surface area contributed by atoms with E-state index >= 15 is 0 Å². The van der Waals surface area contributed by atoms with Crippen LogP contribution < -0.4 is 4.31 Å². The molecule has 0 aromatic heterocycles. The zero-order chi connectivity index (χ0) is 22.7. The SMILES string of the molecule is COC(=O)C1=C(CN2Sc3cccc4ccc(CCO)c2c34)[C@H](C)C2C(C(C)O)C(=O)N12. The number of fused-ring (bicyclic) bond motifs is 1. The van der Waals surface area contributed by atoms with Gasteiger partial charge in [0, 0.05) is 22.8 Å².